The van der Waals surface area contributed by atoms with Crippen LogP contribution in [0.4, 0.5) is 0 Å². The van der Waals surface area contributed by atoms with Crippen molar-refractivity contribution >= 4 is 5.91 Å². The van der Waals surface area contributed by atoms with Crippen LogP contribution in [-0.4, -0.2) is 33.2 Å². The van der Waals surface area contributed by atoms with Crippen molar-refractivity contribution in [2.24, 2.45) is 5.92 Å². The van der Waals surface area contributed by atoms with Crippen molar-refractivity contribution in [1.29, 1.82) is 0 Å². The fourth-order valence-corrected chi connectivity index (χ4v) is 2.74. The predicted molar refractivity (Wildman–Crippen MR) is 77.3 cm³/mol. The Balaban J connectivity index is 1.81. The van der Waals surface area contributed by atoms with E-state index in [1.54, 1.807) is 6.33 Å². The second-order valence-electron chi connectivity index (χ2n) is 6.06. The second kappa shape index (κ2) is 6.88. The van der Waals surface area contributed by atoms with Crippen molar-refractivity contribution in [3.63, 3.8) is 0 Å². The zero-order valence-corrected chi connectivity index (χ0v) is 12.4. The molecular weight excluding hydrogens is 254 g/mol. The molecule has 1 aromatic heterocycles. The molecule has 0 saturated carbocycles. The van der Waals surface area contributed by atoms with Gasteiger partial charge >= 0.3 is 0 Å². The molecule has 0 saturated heterocycles. The Bertz CT molecular complexity index is 454. The van der Waals surface area contributed by atoms with Gasteiger partial charge in [-0.25, -0.2) is 4.98 Å². The van der Waals surface area contributed by atoms with Gasteiger partial charge in [0.15, 0.2) is 0 Å². The normalized spacial score (nSPS) is 16.0. The molecular formula is C15H25N3O2. The van der Waals surface area contributed by atoms with E-state index in [9.17, 15) is 9.90 Å². The lowest BCUT2D eigenvalue weighted by atomic mass is 10.0. The number of amides is 1. The van der Waals surface area contributed by atoms with Crippen LogP contribution in [0.2, 0.25) is 0 Å². The van der Waals surface area contributed by atoms with Crippen LogP contribution in [0, 0.1) is 5.92 Å². The molecule has 1 aliphatic carbocycles. The summed E-state index contributed by atoms with van der Waals surface area (Å²) in [6, 6.07) is 0. The van der Waals surface area contributed by atoms with E-state index < -0.39 is 6.10 Å². The quantitative estimate of drug-likeness (QED) is 0.824. The van der Waals surface area contributed by atoms with Crippen molar-refractivity contribution < 1.29 is 9.90 Å². The number of nitrogens with one attached hydrogen (secondary N) is 1. The van der Waals surface area contributed by atoms with E-state index in [0.717, 1.165) is 18.5 Å². The van der Waals surface area contributed by atoms with E-state index in [1.807, 2.05) is 4.57 Å². The van der Waals surface area contributed by atoms with Crippen molar-refractivity contribution in [3.8, 4) is 0 Å². The van der Waals surface area contributed by atoms with Crippen LogP contribution < -0.4 is 5.32 Å². The summed E-state index contributed by atoms with van der Waals surface area (Å²) in [6.07, 6.45) is 6.41. The first-order chi connectivity index (χ1) is 9.56. The summed E-state index contributed by atoms with van der Waals surface area (Å²) in [5.41, 5.74) is 2.35. The molecule has 5 heteroatoms. The predicted octanol–water partition coefficient (Wildman–Crippen LogP) is 1.29. The maximum atomic E-state index is 11.9. The largest absolute Gasteiger partial charge is 0.391 e. The van der Waals surface area contributed by atoms with Gasteiger partial charge in [0.1, 0.15) is 6.54 Å². The van der Waals surface area contributed by atoms with Gasteiger partial charge in [0.05, 0.1) is 18.1 Å². The average molecular weight is 279 g/mol. The molecule has 0 aromatic carbocycles. The van der Waals surface area contributed by atoms with Crippen molar-refractivity contribution in [2.45, 2.75) is 58.6 Å². The van der Waals surface area contributed by atoms with Crippen molar-refractivity contribution in [1.82, 2.24) is 14.9 Å². The highest BCUT2D eigenvalue weighted by atomic mass is 16.3. The lowest BCUT2D eigenvalue weighted by Crippen LogP contribution is -2.35. The molecule has 20 heavy (non-hydrogen) atoms. The number of hydrogen-bond acceptors (Lipinski definition) is 3. The zero-order valence-electron chi connectivity index (χ0n) is 12.4. The number of nitrogens with zero attached hydrogens (tertiary/aromatic N) is 2. The summed E-state index contributed by atoms with van der Waals surface area (Å²) in [4.78, 5) is 16.3. The Morgan fingerprint density at radius 2 is 2.20 bits per heavy atom. The summed E-state index contributed by atoms with van der Waals surface area (Å²) in [6.45, 7) is 4.75. The smallest absolute Gasteiger partial charge is 0.240 e. The number of fused-ring (bicyclic) bond motifs is 1. The Labute approximate surface area is 120 Å². The molecule has 1 aliphatic rings. The van der Waals surface area contributed by atoms with E-state index in [4.69, 9.17) is 0 Å². The van der Waals surface area contributed by atoms with Crippen LogP contribution in [0.15, 0.2) is 6.33 Å². The maximum absolute atomic E-state index is 11.9. The van der Waals surface area contributed by atoms with Gasteiger partial charge < -0.3 is 15.0 Å². The monoisotopic (exact) mass is 279 g/mol. The van der Waals surface area contributed by atoms with Gasteiger partial charge in [-0.3, -0.25) is 4.79 Å². The summed E-state index contributed by atoms with van der Waals surface area (Å²) < 4.78 is 1.94. The Morgan fingerprint density at radius 1 is 1.45 bits per heavy atom. The number of aromatic nitrogens is 2. The summed E-state index contributed by atoms with van der Waals surface area (Å²) in [5.74, 6) is 0.376. The number of hydrogen-bond donors (Lipinski definition) is 2. The Morgan fingerprint density at radius 3 is 2.95 bits per heavy atom. The van der Waals surface area contributed by atoms with E-state index in [2.05, 4.69) is 24.1 Å². The molecule has 0 fully saturated rings. The molecule has 1 aromatic rings. The summed E-state index contributed by atoms with van der Waals surface area (Å²) in [7, 11) is 0. The Hall–Kier alpha value is -1.36. The van der Waals surface area contributed by atoms with E-state index >= 15 is 0 Å². The lowest BCUT2D eigenvalue weighted by Gasteiger charge is -2.16. The van der Waals surface area contributed by atoms with Gasteiger partial charge in [-0.2, -0.15) is 0 Å². The van der Waals surface area contributed by atoms with Crippen LogP contribution in [0.5, 0.6) is 0 Å². The van der Waals surface area contributed by atoms with Crippen LogP contribution in [0.3, 0.4) is 0 Å². The van der Waals surface area contributed by atoms with Crippen molar-refractivity contribution in [3.05, 3.63) is 17.7 Å². The zero-order chi connectivity index (χ0) is 14.5. The lowest BCUT2D eigenvalue weighted by molar-refractivity contribution is -0.122. The highest BCUT2D eigenvalue weighted by molar-refractivity contribution is 5.75. The fraction of sp³-hybridized carbons (Fsp3) is 0.733. The minimum atomic E-state index is -0.462. The standard InChI is InChI=1S/C15H25N3O2/c1-11(2)7-12(19)8-16-15(20)9-18-10-17-13-5-3-4-6-14(13)18/h10-12,19H,3-9H2,1-2H3,(H,16,20). The van der Waals surface area contributed by atoms with Gasteiger partial charge in [0.2, 0.25) is 5.91 Å². The molecule has 5 nitrogen and oxygen atoms in total. The van der Waals surface area contributed by atoms with Gasteiger partial charge in [-0.1, -0.05) is 13.8 Å². The summed E-state index contributed by atoms with van der Waals surface area (Å²) >= 11 is 0. The van der Waals surface area contributed by atoms with Gasteiger partial charge in [0.25, 0.3) is 0 Å². The first-order valence-electron chi connectivity index (χ1n) is 7.54. The molecule has 1 amide bonds. The molecule has 112 valence electrons. The van der Waals surface area contributed by atoms with Gasteiger partial charge in [0, 0.05) is 12.2 Å². The highest BCUT2D eigenvalue weighted by Crippen LogP contribution is 2.19. The molecule has 0 radical (unpaired) electrons. The topological polar surface area (TPSA) is 67.2 Å². The van der Waals surface area contributed by atoms with Gasteiger partial charge in [-0.05, 0) is 38.0 Å². The van der Waals surface area contributed by atoms with Crippen LogP contribution in [0.1, 0.15) is 44.5 Å². The molecule has 2 rings (SSSR count). The third kappa shape index (κ3) is 4.07. The molecule has 0 spiro atoms. The molecule has 0 aliphatic heterocycles. The molecule has 1 heterocycles. The van der Waals surface area contributed by atoms with Crippen LogP contribution in [0.25, 0.3) is 0 Å². The Kier molecular flexibility index (Phi) is 5.17. The van der Waals surface area contributed by atoms with Crippen LogP contribution in [-0.2, 0) is 24.2 Å². The molecule has 2 N–H and O–H groups in total. The first-order valence-corrected chi connectivity index (χ1v) is 7.54. The average Bonchev–Trinajstić information content (AvgIpc) is 2.79. The number of carbonyl (C=O) groups is 1. The molecule has 1 atom stereocenters. The SMILES string of the molecule is CC(C)CC(O)CNC(=O)Cn1cnc2c1CCCC2. The minimum Gasteiger partial charge on any atom is -0.391 e. The third-order valence-corrected chi connectivity index (χ3v) is 3.70. The second-order valence-corrected chi connectivity index (χ2v) is 6.06. The number of aryl methyl sites for hydroxylation is 1. The number of carbonyl (C=O) groups excluding carboxylic acids is 1. The van der Waals surface area contributed by atoms with E-state index in [1.165, 1.54) is 18.5 Å². The van der Waals surface area contributed by atoms with Gasteiger partial charge in [-0.15, -0.1) is 0 Å². The minimum absolute atomic E-state index is 0.0569. The number of aliphatic hydroxyl groups is 1. The molecule has 1 unspecified atom stereocenters. The number of imidazole rings is 1. The van der Waals surface area contributed by atoms with Crippen LogP contribution >= 0.6 is 0 Å². The third-order valence-electron chi connectivity index (χ3n) is 3.70. The van der Waals surface area contributed by atoms with Crippen molar-refractivity contribution in [2.75, 3.05) is 6.54 Å². The maximum Gasteiger partial charge on any atom is 0.240 e. The van der Waals surface area contributed by atoms with E-state index in [0.29, 0.717) is 25.4 Å². The highest BCUT2D eigenvalue weighted by Gasteiger charge is 2.17. The number of aliphatic hydroxyl groups excluding tert-OH is 1. The fourth-order valence-electron chi connectivity index (χ4n) is 2.74. The first kappa shape index (κ1) is 15.0. The number of rotatable bonds is 6. The van der Waals surface area contributed by atoms with E-state index in [-0.39, 0.29) is 5.91 Å². The summed E-state index contributed by atoms with van der Waals surface area (Å²) in [5, 5.41) is 12.5. The molecule has 0 bridgehead atoms.